The molecule has 0 unspecified atom stereocenters. The van der Waals surface area contributed by atoms with Crippen LogP contribution in [0.25, 0.3) is 61.4 Å². The molecule has 5 heteroatoms. The molecule has 0 spiro atoms. The van der Waals surface area contributed by atoms with Crippen LogP contribution < -0.4 is 9.47 Å². The van der Waals surface area contributed by atoms with Crippen LogP contribution in [0.3, 0.4) is 0 Å². The molecule has 0 saturated heterocycles. The van der Waals surface area contributed by atoms with Crippen molar-refractivity contribution in [1.82, 2.24) is 14.5 Å². The molecule has 0 N–H and O–H groups in total. The van der Waals surface area contributed by atoms with Crippen molar-refractivity contribution in [2.45, 2.75) is 0 Å². The Morgan fingerprint density at radius 2 is 1.09 bits per heavy atom. The first kappa shape index (κ1) is 25.3. The van der Waals surface area contributed by atoms with Gasteiger partial charge in [-0.3, -0.25) is 0 Å². The molecular formula is C40H25N3O2. The van der Waals surface area contributed by atoms with E-state index in [9.17, 15) is 0 Å². The molecule has 45 heavy (non-hydrogen) atoms. The molecule has 1 aliphatic heterocycles. The van der Waals surface area contributed by atoms with Crippen LogP contribution in [0.5, 0.6) is 23.0 Å². The minimum atomic E-state index is 0.688. The molecule has 0 saturated carbocycles. The number of hydrogen-bond donors (Lipinski definition) is 0. The van der Waals surface area contributed by atoms with Crippen molar-refractivity contribution in [2.24, 2.45) is 0 Å². The van der Waals surface area contributed by atoms with Crippen molar-refractivity contribution in [1.29, 1.82) is 0 Å². The van der Waals surface area contributed by atoms with Gasteiger partial charge in [0.1, 0.15) is 5.52 Å². The Hall–Kier alpha value is -6.20. The van der Waals surface area contributed by atoms with Gasteiger partial charge in [-0.1, -0.05) is 103 Å². The lowest BCUT2D eigenvalue weighted by molar-refractivity contribution is 0.362. The SMILES string of the molecule is c1ccc(-c2cc(-c3cccc(-n4c5ccccc5c5ccc6c(c54)Oc4ccccc4O6)c3)nc(-c3ccccc3)n2)cc1. The second kappa shape index (κ2) is 10.2. The van der Waals surface area contributed by atoms with Gasteiger partial charge in [0, 0.05) is 33.2 Å². The second-order valence-corrected chi connectivity index (χ2v) is 11.0. The summed E-state index contributed by atoms with van der Waals surface area (Å²) in [6, 6.07) is 51.3. The Labute approximate surface area is 259 Å². The van der Waals surface area contributed by atoms with Crippen LogP contribution in [0.1, 0.15) is 0 Å². The van der Waals surface area contributed by atoms with Gasteiger partial charge in [-0.15, -0.1) is 0 Å². The average molecular weight is 580 g/mol. The van der Waals surface area contributed by atoms with Crippen molar-refractivity contribution in [3.63, 3.8) is 0 Å². The Balaban J connectivity index is 1.26. The molecule has 6 aromatic carbocycles. The van der Waals surface area contributed by atoms with Gasteiger partial charge in [0.2, 0.25) is 0 Å². The fourth-order valence-corrected chi connectivity index (χ4v) is 6.18. The minimum Gasteiger partial charge on any atom is -0.449 e. The highest BCUT2D eigenvalue weighted by atomic mass is 16.6. The van der Waals surface area contributed by atoms with E-state index in [2.05, 4.69) is 77.4 Å². The predicted molar refractivity (Wildman–Crippen MR) is 179 cm³/mol. The largest absolute Gasteiger partial charge is 0.449 e. The van der Waals surface area contributed by atoms with Gasteiger partial charge in [0.25, 0.3) is 0 Å². The molecule has 0 fully saturated rings. The molecule has 1 aliphatic rings. The fourth-order valence-electron chi connectivity index (χ4n) is 6.18. The molecule has 5 nitrogen and oxygen atoms in total. The quantitative estimate of drug-likeness (QED) is 0.208. The van der Waals surface area contributed by atoms with Crippen LogP contribution >= 0.6 is 0 Å². The van der Waals surface area contributed by atoms with E-state index in [1.165, 1.54) is 0 Å². The zero-order valence-electron chi connectivity index (χ0n) is 24.1. The highest BCUT2D eigenvalue weighted by Crippen LogP contribution is 2.50. The molecule has 0 amide bonds. The number of nitrogens with zero attached hydrogens (tertiary/aromatic N) is 3. The van der Waals surface area contributed by atoms with Gasteiger partial charge in [0.05, 0.1) is 16.9 Å². The predicted octanol–water partition coefficient (Wildman–Crippen LogP) is 10.5. The van der Waals surface area contributed by atoms with E-state index in [1.807, 2.05) is 78.9 Å². The van der Waals surface area contributed by atoms with Gasteiger partial charge in [0.15, 0.2) is 28.8 Å². The first-order valence-corrected chi connectivity index (χ1v) is 14.9. The standard InChI is InChI=1S/C40H25N3O2/c1-3-12-26(13-4-1)32-25-33(42-40(41-32)27-14-5-2-6-15-27)28-16-11-17-29(24-28)43-34-19-8-7-18-30(34)31-22-23-37-39(38(31)43)45-36-21-10-9-20-35(36)44-37/h1-25H. The average Bonchev–Trinajstić information content (AvgIpc) is 3.46. The summed E-state index contributed by atoms with van der Waals surface area (Å²) in [4.78, 5) is 10.1. The number of aromatic nitrogens is 3. The van der Waals surface area contributed by atoms with Crippen LogP contribution in [-0.4, -0.2) is 14.5 Å². The number of fused-ring (bicyclic) bond motifs is 6. The van der Waals surface area contributed by atoms with Crippen molar-refractivity contribution in [3.8, 4) is 62.6 Å². The first-order chi connectivity index (χ1) is 22.3. The Bertz CT molecular complexity index is 2320. The third-order valence-corrected chi connectivity index (χ3v) is 8.26. The molecule has 2 aromatic heterocycles. The topological polar surface area (TPSA) is 49.2 Å². The summed E-state index contributed by atoms with van der Waals surface area (Å²) in [5.41, 5.74) is 7.76. The number of hydrogen-bond acceptors (Lipinski definition) is 4. The van der Waals surface area contributed by atoms with Crippen molar-refractivity contribution in [2.75, 3.05) is 0 Å². The Kier molecular flexibility index (Phi) is 5.74. The normalized spacial score (nSPS) is 11.9. The Morgan fingerprint density at radius 1 is 0.444 bits per heavy atom. The summed E-state index contributed by atoms with van der Waals surface area (Å²) in [6.45, 7) is 0. The maximum Gasteiger partial charge on any atom is 0.194 e. The van der Waals surface area contributed by atoms with Crippen LogP contribution in [-0.2, 0) is 0 Å². The molecule has 0 atom stereocenters. The smallest absolute Gasteiger partial charge is 0.194 e. The van der Waals surface area contributed by atoms with Crippen LogP contribution in [0, 0.1) is 0 Å². The summed E-state index contributed by atoms with van der Waals surface area (Å²) < 4.78 is 15.1. The number of benzene rings is 6. The molecule has 3 heterocycles. The van der Waals surface area contributed by atoms with E-state index >= 15 is 0 Å². The van der Waals surface area contributed by atoms with E-state index in [0.717, 1.165) is 55.6 Å². The monoisotopic (exact) mass is 579 g/mol. The summed E-state index contributed by atoms with van der Waals surface area (Å²) in [5.74, 6) is 3.49. The molecule has 9 rings (SSSR count). The molecular weight excluding hydrogens is 554 g/mol. The van der Waals surface area contributed by atoms with Crippen LogP contribution in [0.15, 0.2) is 152 Å². The molecule has 8 aromatic rings. The first-order valence-electron chi connectivity index (χ1n) is 14.9. The number of para-hydroxylation sites is 3. The third kappa shape index (κ3) is 4.25. The third-order valence-electron chi connectivity index (χ3n) is 8.26. The second-order valence-electron chi connectivity index (χ2n) is 11.0. The van der Waals surface area contributed by atoms with Gasteiger partial charge < -0.3 is 14.0 Å². The van der Waals surface area contributed by atoms with Crippen molar-refractivity contribution >= 4 is 21.8 Å². The van der Waals surface area contributed by atoms with Gasteiger partial charge in [-0.05, 0) is 48.5 Å². The summed E-state index contributed by atoms with van der Waals surface area (Å²) in [7, 11) is 0. The van der Waals surface area contributed by atoms with E-state index in [-0.39, 0.29) is 0 Å². The molecule has 0 radical (unpaired) electrons. The zero-order chi connectivity index (χ0) is 29.7. The molecule has 0 aliphatic carbocycles. The highest BCUT2D eigenvalue weighted by Gasteiger charge is 2.25. The maximum atomic E-state index is 6.56. The van der Waals surface area contributed by atoms with E-state index in [4.69, 9.17) is 19.4 Å². The van der Waals surface area contributed by atoms with Crippen molar-refractivity contribution in [3.05, 3.63) is 152 Å². The number of ether oxygens (including phenoxy) is 2. The summed E-state index contributed by atoms with van der Waals surface area (Å²) in [5, 5.41) is 2.24. The van der Waals surface area contributed by atoms with Crippen molar-refractivity contribution < 1.29 is 9.47 Å². The van der Waals surface area contributed by atoms with Gasteiger partial charge >= 0.3 is 0 Å². The zero-order valence-corrected chi connectivity index (χ0v) is 24.1. The molecule has 0 bridgehead atoms. The number of rotatable bonds is 4. The lowest BCUT2D eigenvalue weighted by Gasteiger charge is -2.22. The lowest BCUT2D eigenvalue weighted by Crippen LogP contribution is -2.02. The molecule has 212 valence electrons. The van der Waals surface area contributed by atoms with E-state index in [1.54, 1.807) is 0 Å². The van der Waals surface area contributed by atoms with Gasteiger partial charge in [-0.2, -0.15) is 0 Å². The lowest BCUT2D eigenvalue weighted by atomic mass is 10.1. The fraction of sp³-hybridized carbons (Fsp3) is 0. The van der Waals surface area contributed by atoms with Crippen LogP contribution in [0.4, 0.5) is 0 Å². The van der Waals surface area contributed by atoms with E-state index < -0.39 is 0 Å². The van der Waals surface area contributed by atoms with Gasteiger partial charge in [-0.25, -0.2) is 9.97 Å². The Morgan fingerprint density at radius 3 is 1.89 bits per heavy atom. The highest BCUT2D eigenvalue weighted by molar-refractivity contribution is 6.12. The maximum absolute atomic E-state index is 6.56. The summed E-state index contributed by atoms with van der Waals surface area (Å²) in [6.07, 6.45) is 0. The summed E-state index contributed by atoms with van der Waals surface area (Å²) >= 11 is 0. The van der Waals surface area contributed by atoms with E-state index in [0.29, 0.717) is 28.8 Å². The van der Waals surface area contributed by atoms with Crippen LogP contribution in [0.2, 0.25) is 0 Å². The minimum absolute atomic E-state index is 0.688.